The normalized spacial score (nSPS) is 14.5. The van der Waals surface area contributed by atoms with Crippen LogP contribution in [0.2, 0.25) is 0 Å². The number of anilines is 2. The van der Waals surface area contributed by atoms with Crippen molar-refractivity contribution in [2.24, 2.45) is 0 Å². The van der Waals surface area contributed by atoms with E-state index in [4.69, 9.17) is 0 Å². The van der Waals surface area contributed by atoms with Crippen LogP contribution in [0.1, 0.15) is 31.7 Å². The molecule has 128 valence electrons. The number of rotatable bonds is 5. The number of nitrogens with zero attached hydrogens (tertiary/aromatic N) is 4. The van der Waals surface area contributed by atoms with Gasteiger partial charge in [0.25, 0.3) is 0 Å². The molecule has 2 aromatic rings. The molecule has 0 atom stereocenters. The Morgan fingerprint density at radius 2 is 2.04 bits per heavy atom. The van der Waals surface area contributed by atoms with E-state index >= 15 is 0 Å². The van der Waals surface area contributed by atoms with Gasteiger partial charge in [0.1, 0.15) is 5.82 Å². The Hall–Kier alpha value is -2.57. The maximum atomic E-state index is 11.9. The van der Waals surface area contributed by atoms with Crippen LogP contribution in [0, 0.1) is 0 Å². The SMILES string of the molecule is CCn1cc(NC(=O)NCc2ccc(N3CCCCC3)nc2)cn1. The van der Waals surface area contributed by atoms with Crippen molar-refractivity contribution in [3.05, 3.63) is 36.3 Å². The van der Waals surface area contributed by atoms with Crippen LogP contribution in [0.4, 0.5) is 16.3 Å². The van der Waals surface area contributed by atoms with Gasteiger partial charge in [0.2, 0.25) is 0 Å². The topological polar surface area (TPSA) is 75.1 Å². The third kappa shape index (κ3) is 4.24. The Morgan fingerprint density at radius 3 is 2.71 bits per heavy atom. The van der Waals surface area contributed by atoms with Crippen LogP contribution in [0.3, 0.4) is 0 Å². The standard InChI is InChI=1S/C17H24N6O/c1-2-23-13-15(12-20-23)21-17(24)19-11-14-6-7-16(18-10-14)22-8-4-3-5-9-22/h6-7,10,12-13H,2-5,8-9,11H2,1H3,(H2,19,21,24). The number of aryl methyl sites for hydroxylation is 1. The first-order valence-corrected chi connectivity index (χ1v) is 8.52. The van der Waals surface area contributed by atoms with Crippen molar-refractivity contribution in [3.8, 4) is 0 Å². The van der Waals surface area contributed by atoms with Crippen molar-refractivity contribution in [1.29, 1.82) is 0 Å². The van der Waals surface area contributed by atoms with Gasteiger partial charge in [0, 0.05) is 38.6 Å². The predicted molar refractivity (Wildman–Crippen MR) is 94.1 cm³/mol. The summed E-state index contributed by atoms with van der Waals surface area (Å²) in [6.45, 7) is 5.38. The first-order valence-electron chi connectivity index (χ1n) is 8.52. The smallest absolute Gasteiger partial charge is 0.319 e. The van der Waals surface area contributed by atoms with Crippen molar-refractivity contribution in [2.75, 3.05) is 23.3 Å². The van der Waals surface area contributed by atoms with Gasteiger partial charge in [0.05, 0.1) is 11.9 Å². The molecule has 0 spiro atoms. The highest BCUT2D eigenvalue weighted by Crippen LogP contribution is 2.17. The molecule has 1 aliphatic heterocycles. The summed E-state index contributed by atoms with van der Waals surface area (Å²) >= 11 is 0. The fourth-order valence-corrected chi connectivity index (χ4v) is 2.79. The van der Waals surface area contributed by atoms with Gasteiger partial charge in [0.15, 0.2) is 0 Å². The number of aromatic nitrogens is 3. The molecule has 0 unspecified atom stereocenters. The predicted octanol–water partition coefficient (Wildman–Crippen LogP) is 2.61. The first kappa shape index (κ1) is 16.3. The van der Waals surface area contributed by atoms with Gasteiger partial charge >= 0.3 is 6.03 Å². The van der Waals surface area contributed by atoms with Gasteiger partial charge in [-0.2, -0.15) is 5.10 Å². The second-order valence-corrected chi connectivity index (χ2v) is 5.96. The Balaban J connectivity index is 1.48. The zero-order valence-electron chi connectivity index (χ0n) is 14.0. The van der Waals surface area contributed by atoms with Crippen molar-refractivity contribution >= 4 is 17.5 Å². The van der Waals surface area contributed by atoms with E-state index in [1.807, 2.05) is 25.3 Å². The molecule has 2 N–H and O–H groups in total. The average Bonchev–Trinajstić information content (AvgIpc) is 3.09. The van der Waals surface area contributed by atoms with Crippen LogP contribution in [0.25, 0.3) is 0 Å². The minimum atomic E-state index is -0.245. The molecule has 0 aliphatic carbocycles. The Kier molecular flexibility index (Phi) is 5.30. The number of pyridine rings is 1. The monoisotopic (exact) mass is 328 g/mol. The fourth-order valence-electron chi connectivity index (χ4n) is 2.79. The summed E-state index contributed by atoms with van der Waals surface area (Å²) in [7, 11) is 0. The third-order valence-corrected chi connectivity index (χ3v) is 4.16. The Labute approximate surface area is 142 Å². The lowest BCUT2D eigenvalue weighted by molar-refractivity contribution is 0.251. The highest BCUT2D eigenvalue weighted by Gasteiger charge is 2.11. The number of hydrogen-bond donors (Lipinski definition) is 2. The summed E-state index contributed by atoms with van der Waals surface area (Å²) in [4.78, 5) is 18.7. The van der Waals surface area contributed by atoms with E-state index in [0.29, 0.717) is 12.2 Å². The van der Waals surface area contributed by atoms with E-state index in [1.54, 1.807) is 17.1 Å². The molecule has 3 rings (SSSR count). The Morgan fingerprint density at radius 1 is 1.21 bits per heavy atom. The van der Waals surface area contributed by atoms with E-state index in [-0.39, 0.29) is 6.03 Å². The largest absolute Gasteiger partial charge is 0.357 e. The van der Waals surface area contributed by atoms with Crippen LogP contribution < -0.4 is 15.5 Å². The van der Waals surface area contributed by atoms with E-state index in [0.717, 1.165) is 31.0 Å². The van der Waals surface area contributed by atoms with Gasteiger partial charge in [-0.15, -0.1) is 0 Å². The lowest BCUT2D eigenvalue weighted by atomic mass is 10.1. The van der Waals surface area contributed by atoms with Crippen LogP contribution in [0.5, 0.6) is 0 Å². The lowest BCUT2D eigenvalue weighted by Gasteiger charge is -2.27. The van der Waals surface area contributed by atoms with Crippen molar-refractivity contribution in [1.82, 2.24) is 20.1 Å². The number of urea groups is 1. The van der Waals surface area contributed by atoms with Crippen molar-refractivity contribution < 1.29 is 4.79 Å². The lowest BCUT2D eigenvalue weighted by Crippen LogP contribution is -2.30. The second kappa shape index (κ2) is 7.81. The zero-order valence-corrected chi connectivity index (χ0v) is 14.0. The third-order valence-electron chi connectivity index (χ3n) is 4.16. The first-order chi connectivity index (χ1) is 11.7. The summed E-state index contributed by atoms with van der Waals surface area (Å²) in [6.07, 6.45) is 9.05. The van der Waals surface area contributed by atoms with Gasteiger partial charge in [-0.1, -0.05) is 6.07 Å². The van der Waals surface area contributed by atoms with Crippen LogP contribution in [-0.4, -0.2) is 33.9 Å². The summed E-state index contributed by atoms with van der Waals surface area (Å²) in [5, 5.41) is 9.72. The number of hydrogen-bond acceptors (Lipinski definition) is 4. The van der Waals surface area contributed by atoms with E-state index in [9.17, 15) is 4.79 Å². The number of piperidine rings is 1. The van der Waals surface area contributed by atoms with E-state index < -0.39 is 0 Å². The molecule has 1 saturated heterocycles. The molecule has 2 amide bonds. The molecule has 3 heterocycles. The van der Waals surface area contributed by atoms with E-state index in [1.165, 1.54) is 19.3 Å². The molecule has 0 saturated carbocycles. The maximum absolute atomic E-state index is 11.9. The molecular weight excluding hydrogens is 304 g/mol. The number of carbonyl (C=O) groups is 1. The molecule has 2 aromatic heterocycles. The zero-order chi connectivity index (χ0) is 16.8. The highest BCUT2D eigenvalue weighted by molar-refractivity contribution is 5.88. The molecule has 7 nitrogen and oxygen atoms in total. The summed E-state index contributed by atoms with van der Waals surface area (Å²) in [6, 6.07) is 3.81. The highest BCUT2D eigenvalue weighted by atomic mass is 16.2. The molecule has 24 heavy (non-hydrogen) atoms. The molecule has 1 aliphatic rings. The summed E-state index contributed by atoms with van der Waals surface area (Å²) in [5.74, 6) is 1.02. The Bertz CT molecular complexity index is 660. The van der Waals surface area contributed by atoms with Crippen molar-refractivity contribution in [3.63, 3.8) is 0 Å². The quantitative estimate of drug-likeness (QED) is 0.885. The summed E-state index contributed by atoms with van der Waals surface area (Å²) in [5.41, 5.74) is 1.67. The van der Waals surface area contributed by atoms with Gasteiger partial charge < -0.3 is 15.5 Å². The van der Waals surface area contributed by atoms with Gasteiger partial charge in [-0.25, -0.2) is 9.78 Å². The van der Waals surface area contributed by atoms with Gasteiger partial charge in [-0.05, 0) is 37.8 Å². The molecule has 0 radical (unpaired) electrons. The van der Waals surface area contributed by atoms with Crippen LogP contribution >= 0.6 is 0 Å². The second-order valence-electron chi connectivity index (χ2n) is 5.96. The van der Waals surface area contributed by atoms with Crippen LogP contribution in [0.15, 0.2) is 30.7 Å². The van der Waals surface area contributed by atoms with E-state index in [2.05, 4.69) is 25.6 Å². The number of nitrogens with one attached hydrogen (secondary N) is 2. The molecule has 0 aromatic carbocycles. The average molecular weight is 328 g/mol. The minimum absolute atomic E-state index is 0.245. The minimum Gasteiger partial charge on any atom is -0.357 e. The maximum Gasteiger partial charge on any atom is 0.319 e. The molecule has 1 fully saturated rings. The molecule has 7 heteroatoms. The molecular formula is C17H24N6O. The van der Waals surface area contributed by atoms with Crippen LogP contribution in [-0.2, 0) is 13.1 Å². The number of carbonyl (C=O) groups excluding carboxylic acids is 1. The number of amides is 2. The fraction of sp³-hybridized carbons (Fsp3) is 0.471. The van der Waals surface area contributed by atoms with Gasteiger partial charge in [-0.3, -0.25) is 4.68 Å². The molecule has 0 bridgehead atoms. The summed E-state index contributed by atoms with van der Waals surface area (Å²) < 4.78 is 1.76. The van der Waals surface area contributed by atoms with Crippen molar-refractivity contribution in [2.45, 2.75) is 39.3 Å².